The standard InChI is InChI=1S/C18H28N2O/c1-4-10-19-16-12-18(9-11-20(13-18)14(2)3)21-17-8-6-5-7-15(16)17/h5-8,14,16,19H,4,9-13H2,1-3H3. The van der Waals surface area contributed by atoms with E-state index in [1.54, 1.807) is 0 Å². The molecule has 0 aromatic heterocycles. The van der Waals surface area contributed by atoms with Crippen molar-refractivity contribution in [2.75, 3.05) is 19.6 Å². The molecule has 0 radical (unpaired) electrons. The lowest BCUT2D eigenvalue weighted by Crippen LogP contribution is -2.47. The summed E-state index contributed by atoms with van der Waals surface area (Å²) >= 11 is 0. The van der Waals surface area contributed by atoms with E-state index in [-0.39, 0.29) is 5.60 Å². The molecule has 0 saturated carbocycles. The molecule has 2 atom stereocenters. The minimum atomic E-state index is 0.00400. The van der Waals surface area contributed by atoms with Crippen LogP contribution in [0.5, 0.6) is 5.75 Å². The molecule has 2 unspecified atom stereocenters. The number of para-hydroxylation sites is 1. The molecule has 2 aliphatic rings. The van der Waals surface area contributed by atoms with E-state index >= 15 is 0 Å². The van der Waals surface area contributed by atoms with Crippen LogP contribution in [0.2, 0.25) is 0 Å². The van der Waals surface area contributed by atoms with Crippen molar-refractivity contribution < 1.29 is 4.74 Å². The van der Waals surface area contributed by atoms with Gasteiger partial charge >= 0.3 is 0 Å². The van der Waals surface area contributed by atoms with Gasteiger partial charge in [0.15, 0.2) is 0 Å². The number of nitrogens with one attached hydrogen (secondary N) is 1. The number of hydrogen-bond donors (Lipinski definition) is 1. The van der Waals surface area contributed by atoms with Crippen molar-refractivity contribution in [3.8, 4) is 5.75 Å². The molecule has 1 saturated heterocycles. The molecular formula is C18H28N2O. The second-order valence-electron chi connectivity index (χ2n) is 6.85. The fourth-order valence-corrected chi connectivity index (χ4v) is 3.69. The van der Waals surface area contributed by atoms with Crippen molar-refractivity contribution in [2.45, 2.75) is 57.7 Å². The summed E-state index contributed by atoms with van der Waals surface area (Å²) in [6, 6.07) is 9.59. The summed E-state index contributed by atoms with van der Waals surface area (Å²) in [6.07, 6.45) is 3.40. The van der Waals surface area contributed by atoms with Gasteiger partial charge < -0.3 is 10.1 Å². The number of hydrogen-bond acceptors (Lipinski definition) is 3. The second kappa shape index (κ2) is 5.98. The first-order chi connectivity index (χ1) is 10.1. The van der Waals surface area contributed by atoms with Crippen molar-refractivity contribution in [1.29, 1.82) is 0 Å². The van der Waals surface area contributed by atoms with E-state index in [0.717, 1.165) is 38.2 Å². The van der Waals surface area contributed by atoms with Crippen molar-refractivity contribution >= 4 is 0 Å². The lowest BCUT2D eigenvalue weighted by molar-refractivity contribution is 0.0355. The van der Waals surface area contributed by atoms with Gasteiger partial charge in [-0.05, 0) is 32.9 Å². The maximum Gasteiger partial charge on any atom is 0.125 e. The topological polar surface area (TPSA) is 24.5 Å². The first kappa shape index (κ1) is 14.9. The molecule has 3 heteroatoms. The Balaban J connectivity index is 1.83. The number of ether oxygens (including phenoxy) is 1. The van der Waals surface area contributed by atoms with Crippen LogP contribution in [0.4, 0.5) is 0 Å². The Morgan fingerprint density at radius 1 is 1.38 bits per heavy atom. The van der Waals surface area contributed by atoms with E-state index in [4.69, 9.17) is 4.74 Å². The molecule has 2 heterocycles. The van der Waals surface area contributed by atoms with Gasteiger partial charge in [-0.25, -0.2) is 0 Å². The predicted molar refractivity (Wildman–Crippen MR) is 86.8 cm³/mol. The number of rotatable bonds is 4. The molecule has 21 heavy (non-hydrogen) atoms. The highest BCUT2D eigenvalue weighted by molar-refractivity contribution is 5.39. The van der Waals surface area contributed by atoms with Gasteiger partial charge in [-0.2, -0.15) is 0 Å². The third-order valence-corrected chi connectivity index (χ3v) is 4.91. The van der Waals surface area contributed by atoms with E-state index in [9.17, 15) is 0 Å². The highest BCUT2D eigenvalue weighted by Gasteiger charge is 2.46. The number of nitrogens with zero attached hydrogens (tertiary/aromatic N) is 1. The Kier molecular flexibility index (Phi) is 4.23. The maximum absolute atomic E-state index is 6.49. The zero-order valence-electron chi connectivity index (χ0n) is 13.6. The summed E-state index contributed by atoms with van der Waals surface area (Å²) in [6.45, 7) is 10.1. The molecule has 1 N–H and O–H groups in total. The molecule has 3 rings (SSSR count). The van der Waals surface area contributed by atoms with E-state index in [1.165, 1.54) is 12.0 Å². The summed E-state index contributed by atoms with van der Waals surface area (Å²) < 4.78 is 6.49. The largest absolute Gasteiger partial charge is 0.485 e. The molecule has 0 amide bonds. The quantitative estimate of drug-likeness (QED) is 0.919. The van der Waals surface area contributed by atoms with Crippen molar-refractivity contribution in [2.24, 2.45) is 0 Å². The van der Waals surface area contributed by atoms with E-state index in [2.05, 4.69) is 55.3 Å². The maximum atomic E-state index is 6.49. The molecule has 0 bridgehead atoms. The third-order valence-electron chi connectivity index (χ3n) is 4.91. The molecule has 1 aromatic carbocycles. The average Bonchev–Trinajstić information content (AvgIpc) is 2.88. The summed E-state index contributed by atoms with van der Waals surface area (Å²) in [5, 5.41) is 3.72. The molecule has 0 aliphatic carbocycles. The number of fused-ring (bicyclic) bond motifs is 1. The van der Waals surface area contributed by atoms with Crippen LogP contribution in [0.25, 0.3) is 0 Å². The summed E-state index contributed by atoms with van der Waals surface area (Å²) in [5.41, 5.74) is 1.34. The first-order valence-corrected chi connectivity index (χ1v) is 8.39. The monoisotopic (exact) mass is 288 g/mol. The lowest BCUT2D eigenvalue weighted by atomic mass is 9.86. The Morgan fingerprint density at radius 3 is 2.90 bits per heavy atom. The molecule has 1 fully saturated rings. The van der Waals surface area contributed by atoms with Gasteiger partial charge in [0.25, 0.3) is 0 Å². The van der Waals surface area contributed by atoms with Crippen molar-refractivity contribution in [3.63, 3.8) is 0 Å². The summed E-state index contributed by atoms with van der Waals surface area (Å²) in [5.74, 6) is 1.09. The number of likely N-dealkylation sites (tertiary alicyclic amines) is 1. The Labute approximate surface area is 128 Å². The van der Waals surface area contributed by atoms with Crippen LogP contribution < -0.4 is 10.1 Å². The average molecular weight is 288 g/mol. The zero-order chi connectivity index (χ0) is 14.9. The molecule has 2 aliphatic heterocycles. The van der Waals surface area contributed by atoms with Gasteiger partial charge in [0.05, 0.1) is 0 Å². The number of benzene rings is 1. The SMILES string of the molecule is CCCNC1CC2(CCN(C(C)C)C2)Oc2ccccc21. The third kappa shape index (κ3) is 2.95. The van der Waals surface area contributed by atoms with Gasteiger partial charge in [-0.3, -0.25) is 4.90 Å². The molecule has 1 spiro atoms. The van der Waals surface area contributed by atoms with Gasteiger partial charge in [0.2, 0.25) is 0 Å². The fourth-order valence-electron chi connectivity index (χ4n) is 3.69. The van der Waals surface area contributed by atoms with Gasteiger partial charge in [0.1, 0.15) is 11.4 Å². The smallest absolute Gasteiger partial charge is 0.125 e. The van der Waals surface area contributed by atoms with Crippen LogP contribution in [0.3, 0.4) is 0 Å². The lowest BCUT2D eigenvalue weighted by Gasteiger charge is -2.40. The minimum Gasteiger partial charge on any atom is -0.485 e. The van der Waals surface area contributed by atoms with Gasteiger partial charge in [-0.15, -0.1) is 0 Å². The van der Waals surface area contributed by atoms with E-state index in [1.807, 2.05) is 0 Å². The summed E-state index contributed by atoms with van der Waals surface area (Å²) in [4.78, 5) is 2.55. The van der Waals surface area contributed by atoms with Crippen LogP contribution in [0, 0.1) is 0 Å². The summed E-state index contributed by atoms with van der Waals surface area (Å²) in [7, 11) is 0. The predicted octanol–water partition coefficient (Wildman–Crippen LogP) is 3.36. The Hall–Kier alpha value is -1.06. The minimum absolute atomic E-state index is 0.00400. The first-order valence-electron chi connectivity index (χ1n) is 8.39. The van der Waals surface area contributed by atoms with Crippen molar-refractivity contribution in [3.05, 3.63) is 29.8 Å². The van der Waals surface area contributed by atoms with Crippen molar-refractivity contribution in [1.82, 2.24) is 10.2 Å². The zero-order valence-corrected chi connectivity index (χ0v) is 13.6. The molecule has 116 valence electrons. The van der Waals surface area contributed by atoms with E-state index in [0.29, 0.717) is 12.1 Å². The fraction of sp³-hybridized carbons (Fsp3) is 0.667. The second-order valence-corrected chi connectivity index (χ2v) is 6.85. The molecule has 1 aromatic rings. The normalized spacial score (nSPS) is 28.9. The highest BCUT2D eigenvalue weighted by Crippen LogP contribution is 2.43. The Morgan fingerprint density at radius 2 is 2.19 bits per heavy atom. The van der Waals surface area contributed by atoms with Crippen LogP contribution in [0.15, 0.2) is 24.3 Å². The van der Waals surface area contributed by atoms with Gasteiger partial charge in [0, 0.05) is 43.6 Å². The van der Waals surface area contributed by atoms with Gasteiger partial charge in [-0.1, -0.05) is 25.1 Å². The van der Waals surface area contributed by atoms with Crippen LogP contribution in [-0.4, -0.2) is 36.2 Å². The van der Waals surface area contributed by atoms with Crippen LogP contribution in [0.1, 0.15) is 51.6 Å². The van der Waals surface area contributed by atoms with Crippen LogP contribution in [-0.2, 0) is 0 Å². The molecular weight excluding hydrogens is 260 g/mol. The van der Waals surface area contributed by atoms with E-state index < -0.39 is 0 Å². The Bertz CT molecular complexity index is 488. The molecule has 3 nitrogen and oxygen atoms in total. The highest BCUT2D eigenvalue weighted by atomic mass is 16.5. The van der Waals surface area contributed by atoms with Crippen LogP contribution >= 0.6 is 0 Å².